The zero-order chi connectivity index (χ0) is 25.8. The minimum atomic E-state index is -0.487. The summed E-state index contributed by atoms with van der Waals surface area (Å²) in [5.41, 5.74) is 12.2. The summed E-state index contributed by atoms with van der Waals surface area (Å²) in [4.78, 5) is 36.5. The number of nitrogens with one attached hydrogen (secondary N) is 1. The van der Waals surface area contributed by atoms with Crippen molar-refractivity contribution in [3.63, 3.8) is 0 Å². The molecule has 1 amide bonds. The van der Waals surface area contributed by atoms with Gasteiger partial charge in [0, 0.05) is 41.0 Å². The molecule has 0 aliphatic carbocycles. The fourth-order valence-electron chi connectivity index (χ4n) is 6.04. The molecular formula is C26H28N8O3. The largest absolute Gasteiger partial charge is 0.387 e. The lowest BCUT2D eigenvalue weighted by atomic mass is 9.85. The number of piperidine rings is 1. The Hall–Kier alpha value is -4.12. The molecule has 0 saturated carbocycles. The number of nitrogens with two attached hydrogens (primary N) is 1. The average Bonchev–Trinajstić information content (AvgIpc) is 3.59. The van der Waals surface area contributed by atoms with Gasteiger partial charge in [0.25, 0.3) is 0 Å². The number of aliphatic hydroxyl groups excluding tert-OH is 1. The van der Waals surface area contributed by atoms with E-state index in [1.807, 2.05) is 30.0 Å². The van der Waals surface area contributed by atoms with Gasteiger partial charge in [-0.25, -0.2) is 4.98 Å². The lowest BCUT2D eigenvalue weighted by Crippen LogP contribution is -2.47. The van der Waals surface area contributed by atoms with E-state index < -0.39 is 6.61 Å². The molecular weight excluding hydrogens is 472 g/mol. The number of rotatable bonds is 5. The topological polar surface area (TPSA) is 155 Å². The molecule has 11 heteroatoms. The Morgan fingerprint density at radius 2 is 1.92 bits per heavy atom. The molecule has 37 heavy (non-hydrogen) atoms. The van der Waals surface area contributed by atoms with Crippen molar-refractivity contribution in [3.8, 4) is 22.5 Å². The summed E-state index contributed by atoms with van der Waals surface area (Å²) in [5.74, 6) is -0.172. The number of hydrogen-bond acceptors (Lipinski definition) is 8. The molecule has 2 saturated heterocycles. The van der Waals surface area contributed by atoms with Gasteiger partial charge >= 0.3 is 0 Å². The number of nitrogens with zero attached hydrogens (tertiary/aromatic N) is 6. The van der Waals surface area contributed by atoms with Gasteiger partial charge in [0.1, 0.15) is 18.1 Å². The number of Topliss-reactive ketones (excluding diaryl/α,β-unsaturated/α-hetero) is 1. The van der Waals surface area contributed by atoms with E-state index in [1.54, 1.807) is 12.4 Å². The minimum absolute atomic E-state index is 0.0225. The van der Waals surface area contributed by atoms with Crippen LogP contribution in [0.1, 0.15) is 60.3 Å². The van der Waals surface area contributed by atoms with Crippen LogP contribution >= 0.6 is 0 Å². The quantitative estimate of drug-likeness (QED) is 0.353. The average molecular weight is 501 g/mol. The standard InChI is InChI=1S/C26H28N8O3/c1-13-7-21(32-31-13)20-6-3-15(10-28-20)19-11-29-34-25(27)23(14(2)36)24(30-26(19)34)16-8-17-4-5-18(9-16)33(17)22(37)12-35/h3,6-7,10-11,16-18,35H,4-5,8-9,12,27H2,1-2H3,(H,31,32)/t16-,17+,18-. The maximum Gasteiger partial charge on any atom is 0.248 e. The van der Waals surface area contributed by atoms with Crippen LogP contribution in [-0.4, -0.2) is 70.2 Å². The second-order valence-corrected chi connectivity index (χ2v) is 9.99. The number of nitrogen functional groups attached to an aromatic ring is 1. The summed E-state index contributed by atoms with van der Waals surface area (Å²) in [5, 5.41) is 21.1. The van der Waals surface area contributed by atoms with Crippen LogP contribution in [0.5, 0.6) is 0 Å². The summed E-state index contributed by atoms with van der Waals surface area (Å²) < 4.78 is 1.51. The molecule has 190 valence electrons. The molecule has 2 fully saturated rings. The molecule has 4 aromatic rings. The van der Waals surface area contributed by atoms with E-state index in [9.17, 15) is 14.7 Å². The van der Waals surface area contributed by atoms with E-state index >= 15 is 0 Å². The van der Waals surface area contributed by atoms with Crippen LogP contribution in [0.25, 0.3) is 28.2 Å². The second kappa shape index (κ2) is 8.77. The molecule has 6 heterocycles. The maximum atomic E-state index is 12.7. The number of H-pyrrole nitrogens is 1. The van der Waals surface area contributed by atoms with Crippen LogP contribution in [0.3, 0.4) is 0 Å². The second-order valence-electron chi connectivity index (χ2n) is 9.99. The lowest BCUT2D eigenvalue weighted by molar-refractivity contribution is -0.138. The molecule has 2 bridgehead atoms. The maximum absolute atomic E-state index is 12.7. The first-order valence-corrected chi connectivity index (χ1v) is 12.4. The first-order chi connectivity index (χ1) is 17.9. The SMILES string of the molecule is CC(=O)c1c([C@H]2C[C@H]3CC[C@@H](C2)N3C(=O)CO)nc2c(-c3ccc(-c4cc(C)[nH]n4)nc3)cnn2c1N. The van der Waals surface area contributed by atoms with Crippen molar-refractivity contribution in [1.82, 2.24) is 34.7 Å². The molecule has 6 rings (SSSR count). The first-order valence-electron chi connectivity index (χ1n) is 12.4. The van der Waals surface area contributed by atoms with Crippen molar-refractivity contribution in [1.29, 1.82) is 0 Å². The third kappa shape index (κ3) is 3.77. The molecule has 3 atom stereocenters. The van der Waals surface area contributed by atoms with Crippen molar-refractivity contribution < 1.29 is 14.7 Å². The Labute approximate surface area is 212 Å². The van der Waals surface area contributed by atoms with Crippen LogP contribution in [0, 0.1) is 6.92 Å². The van der Waals surface area contributed by atoms with E-state index in [1.165, 1.54) is 11.4 Å². The number of aryl methyl sites for hydroxylation is 1. The van der Waals surface area contributed by atoms with Gasteiger partial charge in [-0.15, -0.1) is 0 Å². The Morgan fingerprint density at radius 3 is 2.51 bits per heavy atom. The summed E-state index contributed by atoms with van der Waals surface area (Å²) in [6.45, 7) is 2.94. The zero-order valence-electron chi connectivity index (χ0n) is 20.7. The summed E-state index contributed by atoms with van der Waals surface area (Å²) >= 11 is 0. The predicted octanol–water partition coefficient (Wildman–Crippen LogP) is 2.50. The summed E-state index contributed by atoms with van der Waals surface area (Å²) in [7, 11) is 0. The number of aliphatic hydroxyl groups is 1. The highest BCUT2D eigenvalue weighted by molar-refractivity contribution is 6.00. The predicted molar refractivity (Wildman–Crippen MR) is 136 cm³/mol. The van der Waals surface area contributed by atoms with Crippen molar-refractivity contribution >= 4 is 23.2 Å². The third-order valence-electron chi connectivity index (χ3n) is 7.65. The number of amides is 1. The van der Waals surface area contributed by atoms with Crippen LogP contribution in [0.4, 0.5) is 5.82 Å². The minimum Gasteiger partial charge on any atom is -0.387 e. The molecule has 11 nitrogen and oxygen atoms in total. The highest BCUT2D eigenvalue weighted by atomic mass is 16.3. The van der Waals surface area contributed by atoms with Gasteiger partial charge in [0.05, 0.1) is 23.1 Å². The van der Waals surface area contributed by atoms with Gasteiger partial charge in [-0.1, -0.05) is 6.07 Å². The number of hydrogen-bond donors (Lipinski definition) is 3. The fourth-order valence-corrected chi connectivity index (χ4v) is 6.04. The molecule has 4 aromatic heterocycles. The Morgan fingerprint density at radius 1 is 1.16 bits per heavy atom. The number of carbonyl (C=O) groups excluding carboxylic acids is 2. The number of aromatic amines is 1. The van der Waals surface area contributed by atoms with Crippen molar-refractivity contribution in [2.45, 2.75) is 57.5 Å². The number of anilines is 1. The molecule has 0 aromatic carbocycles. The number of pyridine rings is 1. The number of ketones is 1. The Balaban J connectivity index is 1.41. The van der Waals surface area contributed by atoms with Crippen LogP contribution < -0.4 is 5.73 Å². The Bertz CT molecular complexity index is 1510. The summed E-state index contributed by atoms with van der Waals surface area (Å²) in [6, 6.07) is 5.82. The van der Waals surface area contributed by atoms with E-state index in [4.69, 9.17) is 10.7 Å². The molecule has 0 unspecified atom stereocenters. The molecule has 0 spiro atoms. The number of fused-ring (bicyclic) bond motifs is 3. The normalized spacial score (nSPS) is 21.1. The molecule has 2 aliphatic rings. The van der Waals surface area contributed by atoms with Gasteiger partial charge in [0.2, 0.25) is 5.91 Å². The van der Waals surface area contributed by atoms with Gasteiger partial charge in [-0.3, -0.25) is 19.7 Å². The van der Waals surface area contributed by atoms with Crippen molar-refractivity contribution in [2.75, 3.05) is 12.3 Å². The summed E-state index contributed by atoms with van der Waals surface area (Å²) in [6.07, 6.45) is 6.55. The highest BCUT2D eigenvalue weighted by Crippen LogP contribution is 2.44. The molecule has 0 radical (unpaired) electrons. The smallest absolute Gasteiger partial charge is 0.248 e. The highest BCUT2D eigenvalue weighted by Gasteiger charge is 2.44. The fraction of sp³-hybridized carbons (Fsp3) is 0.385. The van der Waals surface area contributed by atoms with E-state index in [-0.39, 0.29) is 35.5 Å². The number of carbonyl (C=O) groups is 2. The Kier molecular flexibility index (Phi) is 5.52. The van der Waals surface area contributed by atoms with Crippen molar-refractivity contribution in [2.24, 2.45) is 0 Å². The van der Waals surface area contributed by atoms with E-state index in [0.29, 0.717) is 29.7 Å². The van der Waals surface area contributed by atoms with Crippen LogP contribution in [0.15, 0.2) is 30.6 Å². The molecule has 2 aliphatic heterocycles. The third-order valence-corrected chi connectivity index (χ3v) is 7.65. The zero-order valence-corrected chi connectivity index (χ0v) is 20.7. The van der Waals surface area contributed by atoms with E-state index in [2.05, 4.69) is 20.3 Å². The van der Waals surface area contributed by atoms with Gasteiger partial charge in [0.15, 0.2) is 11.4 Å². The molecule has 4 N–H and O–H groups in total. The lowest BCUT2D eigenvalue weighted by Gasteiger charge is -2.39. The van der Waals surface area contributed by atoms with Crippen LogP contribution in [0.2, 0.25) is 0 Å². The van der Waals surface area contributed by atoms with Gasteiger partial charge in [-0.05, 0) is 51.7 Å². The van der Waals surface area contributed by atoms with Gasteiger partial charge < -0.3 is 15.7 Å². The van der Waals surface area contributed by atoms with Crippen LogP contribution in [-0.2, 0) is 4.79 Å². The van der Waals surface area contributed by atoms with Gasteiger partial charge in [-0.2, -0.15) is 14.7 Å². The monoisotopic (exact) mass is 500 g/mol. The van der Waals surface area contributed by atoms with Crippen molar-refractivity contribution in [3.05, 3.63) is 47.5 Å². The first kappa shape index (κ1) is 23.3. The van der Waals surface area contributed by atoms with E-state index in [0.717, 1.165) is 41.1 Å². The number of aromatic nitrogens is 6.